The van der Waals surface area contributed by atoms with E-state index in [4.69, 9.17) is 17.3 Å². The quantitative estimate of drug-likeness (QED) is 0.514. The van der Waals surface area contributed by atoms with E-state index in [1.807, 2.05) is 30.5 Å². The van der Waals surface area contributed by atoms with Gasteiger partial charge in [-0.05, 0) is 42.7 Å². The number of halogens is 1. The molecule has 5 N–H and O–H groups in total. The third-order valence-electron chi connectivity index (χ3n) is 4.49. The number of aliphatic hydroxyl groups excluding tert-OH is 1. The number of benzene rings is 2. The minimum absolute atomic E-state index is 0.139. The maximum absolute atomic E-state index is 11.5. The van der Waals surface area contributed by atoms with Crippen molar-refractivity contribution in [3.63, 3.8) is 0 Å². The highest BCUT2D eigenvalue weighted by Crippen LogP contribution is 2.23. The minimum atomic E-state index is -0.624. The number of aliphatic hydroxyl groups is 1. The summed E-state index contributed by atoms with van der Waals surface area (Å²) in [6, 6.07) is 12.9. The first-order valence-electron chi connectivity index (χ1n) is 8.51. The Labute approximate surface area is 157 Å². The number of nitrogens with two attached hydrogens (primary N) is 1. The first kappa shape index (κ1) is 18.5. The fourth-order valence-electron chi connectivity index (χ4n) is 3.13. The summed E-state index contributed by atoms with van der Waals surface area (Å²) in [5, 5.41) is 15.3. The molecule has 6 heteroatoms. The number of aromatic nitrogens is 1. The molecule has 1 amide bonds. The van der Waals surface area contributed by atoms with Crippen molar-refractivity contribution in [1.29, 1.82) is 0 Å². The number of nitrogens with one attached hydrogen (secondary N) is 2. The smallest absolute Gasteiger partial charge is 0.250 e. The summed E-state index contributed by atoms with van der Waals surface area (Å²) in [6.07, 6.45) is 2.04. The normalized spacial score (nSPS) is 13.7. The molecule has 2 aromatic carbocycles. The van der Waals surface area contributed by atoms with E-state index in [1.54, 1.807) is 18.2 Å². The van der Waals surface area contributed by atoms with Crippen LogP contribution in [0.3, 0.4) is 0 Å². The second-order valence-electron chi connectivity index (χ2n) is 6.49. The molecule has 1 aromatic heterocycles. The number of para-hydroxylation sites is 1. The Morgan fingerprint density at radius 1 is 1.31 bits per heavy atom. The van der Waals surface area contributed by atoms with Crippen LogP contribution in [-0.2, 0) is 6.42 Å². The number of carbonyl (C=O) groups is 1. The number of fused-ring (bicyclic) bond motifs is 1. The van der Waals surface area contributed by atoms with E-state index in [1.165, 1.54) is 0 Å². The van der Waals surface area contributed by atoms with Crippen LogP contribution in [0.15, 0.2) is 48.7 Å². The molecule has 3 aromatic rings. The van der Waals surface area contributed by atoms with Gasteiger partial charge in [0.1, 0.15) is 0 Å². The maximum Gasteiger partial charge on any atom is 0.250 e. The molecule has 136 valence electrons. The fourth-order valence-corrected chi connectivity index (χ4v) is 3.33. The lowest BCUT2D eigenvalue weighted by Crippen LogP contribution is -2.32. The summed E-state index contributed by atoms with van der Waals surface area (Å²) in [7, 11) is 0. The zero-order chi connectivity index (χ0) is 18.7. The number of carbonyl (C=O) groups excluding carboxylic acids is 1. The van der Waals surface area contributed by atoms with Crippen LogP contribution in [-0.4, -0.2) is 28.6 Å². The van der Waals surface area contributed by atoms with Gasteiger partial charge in [0.15, 0.2) is 0 Å². The molecule has 2 atom stereocenters. The molecular weight excluding hydrogens is 350 g/mol. The monoisotopic (exact) mass is 371 g/mol. The lowest BCUT2D eigenvalue weighted by Gasteiger charge is -2.17. The number of hydrogen-bond acceptors (Lipinski definition) is 3. The molecule has 1 heterocycles. The Hall–Kier alpha value is -2.34. The first-order chi connectivity index (χ1) is 12.5. The molecule has 0 saturated heterocycles. The molecule has 26 heavy (non-hydrogen) atoms. The van der Waals surface area contributed by atoms with Crippen molar-refractivity contribution in [2.75, 3.05) is 6.54 Å². The van der Waals surface area contributed by atoms with Gasteiger partial charge < -0.3 is 21.1 Å². The van der Waals surface area contributed by atoms with Crippen LogP contribution in [0.4, 0.5) is 0 Å². The predicted molar refractivity (Wildman–Crippen MR) is 104 cm³/mol. The van der Waals surface area contributed by atoms with Crippen molar-refractivity contribution in [3.05, 3.63) is 70.4 Å². The second-order valence-corrected chi connectivity index (χ2v) is 6.93. The SMILES string of the molecule is C[C@H](Cc1c[nH]c2c(C(N)=O)cccc12)NC[C@@H](O)c1cccc(Cl)c1. The van der Waals surface area contributed by atoms with Gasteiger partial charge in [0.2, 0.25) is 0 Å². The van der Waals surface area contributed by atoms with Crippen molar-refractivity contribution in [1.82, 2.24) is 10.3 Å². The number of rotatable bonds is 7. The molecule has 0 fully saturated rings. The van der Waals surface area contributed by atoms with Gasteiger partial charge in [-0.3, -0.25) is 4.79 Å². The van der Waals surface area contributed by atoms with Gasteiger partial charge in [-0.2, -0.15) is 0 Å². The molecule has 0 radical (unpaired) electrons. The number of aromatic amines is 1. The standard InChI is InChI=1S/C20H22ClN3O2/c1-12(23-11-18(25)13-4-2-5-15(21)9-13)8-14-10-24-19-16(14)6-3-7-17(19)20(22)26/h2-7,9-10,12,18,23-25H,8,11H2,1H3,(H2,22,26)/t12-,18-/m1/s1. The zero-order valence-corrected chi connectivity index (χ0v) is 15.3. The second kappa shape index (κ2) is 7.91. The van der Waals surface area contributed by atoms with Gasteiger partial charge in [-0.15, -0.1) is 0 Å². The predicted octanol–water partition coefficient (Wildman–Crippen LogP) is 3.17. The molecule has 0 saturated carbocycles. The van der Waals surface area contributed by atoms with E-state index in [0.717, 1.165) is 28.5 Å². The highest BCUT2D eigenvalue weighted by atomic mass is 35.5. The van der Waals surface area contributed by atoms with Gasteiger partial charge >= 0.3 is 0 Å². The topological polar surface area (TPSA) is 91.1 Å². The fraction of sp³-hybridized carbons (Fsp3) is 0.250. The third kappa shape index (κ3) is 4.07. The molecule has 0 bridgehead atoms. The van der Waals surface area contributed by atoms with Crippen molar-refractivity contribution < 1.29 is 9.90 Å². The molecule has 0 aliphatic heterocycles. The van der Waals surface area contributed by atoms with E-state index in [0.29, 0.717) is 17.1 Å². The molecule has 5 nitrogen and oxygen atoms in total. The summed E-state index contributed by atoms with van der Waals surface area (Å²) < 4.78 is 0. The van der Waals surface area contributed by atoms with Gasteiger partial charge in [0, 0.05) is 29.2 Å². The van der Waals surface area contributed by atoms with Crippen LogP contribution < -0.4 is 11.1 Å². The van der Waals surface area contributed by atoms with Crippen LogP contribution in [0.1, 0.15) is 34.5 Å². The Morgan fingerprint density at radius 3 is 2.81 bits per heavy atom. The highest BCUT2D eigenvalue weighted by molar-refractivity contribution is 6.30. The molecule has 3 rings (SSSR count). The zero-order valence-electron chi connectivity index (χ0n) is 14.5. The molecule has 0 aliphatic carbocycles. The number of primary amides is 1. The number of hydrogen-bond donors (Lipinski definition) is 4. The summed E-state index contributed by atoms with van der Waals surface area (Å²) in [5.74, 6) is -0.445. The van der Waals surface area contributed by atoms with Gasteiger partial charge in [0.25, 0.3) is 5.91 Å². The number of H-pyrrole nitrogens is 1. The summed E-state index contributed by atoms with van der Waals surface area (Å²) >= 11 is 5.97. The highest BCUT2D eigenvalue weighted by Gasteiger charge is 2.14. The Morgan fingerprint density at radius 2 is 2.08 bits per heavy atom. The average molecular weight is 372 g/mol. The van der Waals surface area contributed by atoms with Gasteiger partial charge in [-0.1, -0.05) is 35.9 Å². The van der Waals surface area contributed by atoms with E-state index >= 15 is 0 Å². The van der Waals surface area contributed by atoms with E-state index in [-0.39, 0.29) is 6.04 Å². The Bertz CT molecular complexity index is 922. The van der Waals surface area contributed by atoms with Crippen LogP contribution in [0.2, 0.25) is 5.02 Å². The molecule has 0 unspecified atom stereocenters. The minimum Gasteiger partial charge on any atom is -0.387 e. The van der Waals surface area contributed by atoms with E-state index in [9.17, 15) is 9.90 Å². The average Bonchev–Trinajstić information content (AvgIpc) is 3.02. The van der Waals surface area contributed by atoms with Crippen LogP contribution in [0, 0.1) is 0 Å². The molecule has 0 spiro atoms. The lowest BCUT2D eigenvalue weighted by atomic mass is 10.0. The Kier molecular flexibility index (Phi) is 5.61. The number of amides is 1. The third-order valence-corrected chi connectivity index (χ3v) is 4.72. The maximum atomic E-state index is 11.5. The van der Waals surface area contributed by atoms with E-state index < -0.39 is 12.0 Å². The van der Waals surface area contributed by atoms with E-state index in [2.05, 4.69) is 17.2 Å². The van der Waals surface area contributed by atoms with Gasteiger partial charge in [0.05, 0.1) is 17.2 Å². The summed E-state index contributed by atoms with van der Waals surface area (Å²) in [5.41, 5.74) is 8.57. The molecular formula is C20H22ClN3O2. The van der Waals surface area contributed by atoms with Crippen molar-refractivity contribution in [3.8, 4) is 0 Å². The van der Waals surface area contributed by atoms with Crippen molar-refractivity contribution >= 4 is 28.4 Å². The van der Waals surface area contributed by atoms with Crippen LogP contribution in [0.5, 0.6) is 0 Å². The van der Waals surface area contributed by atoms with Crippen molar-refractivity contribution in [2.45, 2.75) is 25.5 Å². The first-order valence-corrected chi connectivity index (χ1v) is 8.89. The largest absolute Gasteiger partial charge is 0.387 e. The lowest BCUT2D eigenvalue weighted by molar-refractivity contribution is 0.100. The van der Waals surface area contributed by atoms with Crippen LogP contribution in [0.25, 0.3) is 10.9 Å². The summed E-state index contributed by atoms with van der Waals surface area (Å²) in [4.78, 5) is 14.7. The van der Waals surface area contributed by atoms with Crippen LogP contribution >= 0.6 is 11.6 Å². The van der Waals surface area contributed by atoms with Crippen molar-refractivity contribution in [2.24, 2.45) is 5.73 Å². The summed E-state index contributed by atoms with van der Waals surface area (Å²) in [6.45, 7) is 2.48. The Balaban J connectivity index is 1.65. The molecule has 0 aliphatic rings. The van der Waals surface area contributed by atoms with Gasteiger partial charge in [-0.25, -0.2) is 0 Å².